The molecule has 4 aromatic rings. The van der Waals surface area contributed by atoms with E-state index in [2.05, 4.69) is 15.0 Å². The Hall–Kier alpha value is -2.47. The SMILES string of the molecule is Cc1c(-c2nc3ccccc3o2)sc2nc[nH]c(=O)c12. The van der Waals surface area contributed by atoms with E-state index in [-0.39, 0.29) is 5.56 Å². The Morgan fingerprint density at radius 2 is 2.15 bits per heavy atom. The van der Waals surface area contributed by atoms with Crippen molar-refractivity contribution in [3.05, 3.63) is 46.5 Å². The van der Waals surface area contributed by atoms with Gasteiger partial charge in [-0.05, 0) is 24.6 Å². The fourth-order valence-electron chi connectivity index (χ4n) is 2.25. The molecule has 3 aromatic heterocycles. The molecule has 3 heterocycles. The molecule has 0 amide bonds. The van der Waals surface area contributed by atoms with E-state index >= 15 is 0 Å². The number of rotatable bonds is 1. The van der Waals surface area contributed by atoms with Gasteiger partial charge in [0.1, 0.15) is 10.3 Å². The third kappa shape index (κ3) is 1.51. The van der Waals surface area contributed by atoms with Gasteiger partial charge in [-0.15, -0.1) is 11.3 Å². The van der Waals surface area contributed by atoms with Crippen molar-refractivity contribution in [3.8, 4) is 10.8 Å². The van der Waals surface area contributed by atoms with E-state index < -0.39 is 0 Å². The normalized spacial score (nSPS) is 11.4. The average Bonchev–Trinajstić information content (AvgIpc) is 3.00. The molecule has 0 radical (unpaired) electrons. The van der Waals surface area contributed by atoms with Crippen molar-refractivity contribution >= 4 is 32.7 Å². The molecule has 20 heavy (non-hydrogen) atoms. The summed E-state index contributed by atoms with van der Waals surface area (Å²) in [6.07, 6.45) is 1.41. The van der Waals surface area contributed by atoms with Crippen molar-refractivity contribution in [2.24, 2.45) is 0 Å². The third-order valence-electron chi connectivity index (χ3n) is 3.22. The van der Waals surface area contributed by atoms with Crippen LogP contribution in [0.2, 0.25) is 0 Å². The number of aromatic amines is 1. The van der Waals surface area contributed by atoms with Gasteiger partial charge in [0.2, 0.25) is 5.89 Å². The van der Waals surface area contributed by atoms with Gasteiger partial charge in [-0.1, -0.05) is 12.1 Å². The van der Waals surface area contributed by atoms with Crippen LogP contribution in [0.25, 0.3) is 32.1 Å². The van der Waals surface area contributed by atoms with Gasteiger partial charge < -0.3 is 9.40 Å². The number of oxazole rings is 1. The largest absolute Gasteiger partial charge is 0.435 e. The van der Waals surface area contributed by atoms with E-state index in [9.17, 15) is 4.79 Å². The standard InChI is InChI=1S/C14H9N3O2S/c1-7-10-12(18)15-6-16-14(10)20-11(7)13-17-8-4-2-3-5-9(8)19-13/h2-6H,1H3,(H,15,16,18). The molecule has 98 valence electrons. The Morgan fingerprint density at radius 1 is 1.30 bits per heavy atom. The minimum Gasteiger partial charge on any atom is -0.435 e. The highest BCUT2D eigenvalue weighted by Gasteiger charge is 2.18. The number of aromatic nitrogens is 3. The van der Waals surface area contributed by atoms with Crippen molar-refractivity contribution in [2.75, 3.05) is 0 Å². The van der Waals surface area contributed by atoms with Gasteiger partial charge in [-0.3, -0.25) is 4.79 Å². The van der Waals surface area contributed by atoms with Crippen LogP contribution in [0.5, 0.6) is 0 Å². The van der Waals surface area contributed by atoms with Gasteiger partial charge in [-0.2, -0.15) is 0 Å². The number of benzene rings is 1. The molecule has 0 aliphatic heterocycles. The van der Waals surface area contributed by atoms with E-state index in [0.29, 0.717) is 16.1 Å². The van der Waals surface area contributed by atoms with E-state index in [0.717, 1.165) is 21.5 Å². The highest BCUT2D eigenvalue weighted by molar-refractivity contribution is 7.22. The smallest absolute Gasteiger partial charge is 0.259 e. The average molecular weight is 283 g/mol. The fraction of sp³-hybridized carbons (Fsp3) is 0.0714. The number of nitrogens with one attached hydrogen (secondary N) is 1. The Kier molecular flexibility index (Phi) is 2.28. The topological polar surface area (TPSA) is 71.8 Å². The van der Waals surface area contributed by atoms with Crippen LogP contribution in [0.1, 0.15) is 5.56 Å². The molecule has 6 heteroatoms. The van der Waals surface area contributed by atoms with Crippen LogP contribution >= 0.6 is 11.3 Å². The van der Waals surface area contributed by atoms with Gasteiger partial charge in [0.05, 0.1) is 16.6 Å². The van der Waals surface area contributed by atoms with E-state index in [1.54, 1.807) is 0 Å². The highest BCUT2D eigenvalue weighted by Crippen LogP contribution is 2.36. The maximum Gasteiger partial charge on any atom is 0.259 e. The highest BCUT2D eigenvalue weighted by atomic mass is 32.1. The molecule has 0 saturated heterocycles. The molecule has 5 nitrogen and oxygen atoms in total. The van der Waals surface area contributed by atoms with Gasteiger partial charge in [0.25, 0.3) is 5.56 Å². The lowest BCUT2D eigenvalue weighted by molar-refractivity contribution is 0.621. The molecule has 0 unspecified atom stereocenters. The molecule has 4 rings (SSSR count). The van der Waals surface area contributed by atoms with Crippen molar-refractivity contribution < 1.29 is 4.42 Å². The van der Waals surface area contributed by atoms with E-state index in [1.807, 2.05) is 31.2 Å². The lowest BCUT2D eigenvalue weighted by Crippen LogP contribution is -2.05. The number of para-hydroxylation sites is 2. The number of hydrogen-bond donors (Lipinski definition) is 1. The van der Waals surface area contributed by atoms with E-state index in [4.69, 9.17) is 4.42 Å². The number of thiophene rings is 1. The monoisotopic (exact) mass is 283 g/mol. The number of aryl methyl sites for hydroxylation is 1. The lowest BCUT2D eigenvalue weighted by Gasteiger charge is -1.91. The first-order chi connectivity index (χ1) is 9.74. The summed E-state index contributed by atoms with van der Waals surface area (Å²) in [5.74, 6) is 0.533. The van der Waals surface area contributed by atoms with Crippen LogP contribution in [0, 0.1) is 6.92 Å². The summed E-state index contributed by atoms with van der Waals surface area (Å²) in [6.45, 7) is 1.89. The van der Waals surface area contributed by atoms with Gasteiger partial charge >= 0.3 is 0 Å². The number of H-pyrrole nitrogens is 1. The number of hydrogen-bond acceptors (Lipinski definition) is 5. The van der Waals surface area contributed by atoms with Crippen molar-refractivity contribution in [3.63, 3.8) is 0 Å². The zero-order valence-electron chi connectivity index (χ0n) is 10.5. The maximum atomic E-state index is 11.9. The fourth-order valence-corrected chi connectivity index (χ4v) is 3.33. The molecule has 0 saturated carbocycles. The van der Waals surface area contributed by atoms with Gasteiger partial charge in [0.15, 0.2) is 5.58 Å². The molecule has 0 aliphatic rings. The van der Waals surface area contributed by atoms with E-state index in [1.165, 1.54) is 17.7 Å². The van der Waals surface area contributed by atoms with Crippen LogP contribution in [0.4, 0.5) is 0 Å². The molecule has 0 aliphatic carbocycles. The van der Waals surface area contributed by atoms with Crippen LogP contribution in [-0.2, 0) is 0 Å². The van der Waals surface area contributed by atoms with Gasteiger partial charge in [0, 0.05) is 0 Å². The maximum absolute atomic E-state index is 11.9. The molecule has 0 bridgehead atoms. The Bertz CT molecular complexity index is 963. The first-order valence-corrected chi connectivity index (χ1v) is 6.88. The van der Waals surface area contributed by atoms with Crippen LogP contribution in [-0.4, -0.2) is 15.0 Å². The van der Waals surface area contributed by atoms with Gasteiger partial charge in [-0.25, -0.2) is 9.97 Å². The predicted octanol–water partition coefficient (Wildman–Crippen LogP) is 3.10. The summed E-state index contributed by atoms with van der Waals surface area (Å²) in [7, 11) is 0. The summed E-state index contributed by atoms with van der Waals surface area (Å²) in [6, 6.07) is 7.59. The summed E-state index contributed by atoms with van der Waals surface area (Å²) in [4.78, 5) is 24.7. The molecular weight excluding hydrogens is 274 g/mol. The second-order valence-corrected chi connectivity index (χ2v) is 5.45. The van der Waals surface area contributed by atoms with Crippen LogP contribution < -0.4 is 5.56 Å². The van der Waals surface area contributed by atoms with Crippen molar-refractivity contribution in [1.29, 1.82) is 0 Å². The predicted molar refractivity (Wildman–Crippen MR) is 78.0 cm³/mol. The first kappa shape index (κ1) is 11.4. The van der Waals surface area contributed by atoms with Crippen LogP contribution in [0.3, 0.4) is 0 Å². The molecule has 1 aromatic carbocycles. The van der Waals surface area contributed by atoms with Crippen molar-refractivity contribution in [2.45, 2.75) is 6.92 Å². The summed E-state index contributed by atoms with van der Waals surface area (Å²) in [5.41, 5.74) is 2.26. The quantitative estimate of drug-likeness (QED) is 0.582. The molecular formula is C14H9N3O2S. The minimum atomic E-state index is -0.133. The van der Waals surface area contributed by atoms with Crippen molar-refractivity contribution in [1.82, 2.24) is 15.0 Å². The Morgan fingerprint density at radius 3 is 2.95 bits per heavy atom. The summed E-state index contributed by atoms with van der Waals surface area (Å²) >= 11 is 1.42. The second-order valence-electron chi connectivity index (χ2n) is 4.45. The summed E-state index contributed by atoms with van der Waals surface area (Å²) in [5, 5.41) is 0.606. The number of nitrogens with zero attached hydrogens (tertiary/aromatic N) is 2. The summed E-state index contributed by atoms with van der Waals surface area (Å²) < 4.78 is 5.76. The zero-order chi connectivity index (χ0) is 13.7. The number of fused-ring (bicyclic) bond motifs is 2. The second kappa shape index (κ2) is 4.01. The molecule has 1 N–H and O–H groups in total. The Labute approximate surface area is 116 Å². The first-order valence-electron chi connectivity index (χ1n) is 6.07. The molecule has 0 atom stereocenters. The Balaban J connectivity index is 2.04. The third-order valence-corrected chi connectivity index (χ3v) is 4.41. The molecule has 0 spiro atoms. The molecule has 0 fully saturated rings. The lowest BCUT2D eigenvalue weighted by atomic mass is 10.2. The zero-order valence-corrected chi connectivity index (χ0v) is 11.3. The van der Waals surface area contributed by atoms with Crippen LogP contribution in [0.15, 0.2) is 39.8 Å². The minimum absolute atomic E-state index is 0.133.